The highest BCUT2D eigenvalue weighted by molar-refractivity contribution is 5.81. The van der Waals surface area contributed by atoms with Crippen molar-refractivity contribution in [2.75, 3.05) is 31.1 Å². The average molecular weight is 399 g/mol. The van der Waals surface area contributed by atoms with Gasteiger partial charge < -0.3 is 14.5 Å². The number of para-hydroxylation sites is 1. The number of carbonyl (C=O) groups excluding carboxylic acids is 1. The summed E-state index contributed by atoms with van der Waals surface area (Å²) in [6, 6.07) is 14.8. The Morgan fingerprint density at radius 1 is 1.03 bits per heavy atom. The number of halogens is 1. The summed E-state index contributed by atoms with van der Waals surface area (Å²) in [7, 11) is 0. The summed E-state index contributed by atoms with van der Waals surface area (Å²) in [5, 5.41) is 0. The van der Waals surface area contributed by atoms with Gasteiger partial charge >= 0.3 is 0 Å². The third-order valence-corrected chi connectivity index (χ3v) is 5.43. The highest BCUT2D eigenvalue weighted by Crippen LogP contribution is 2.25. The van der Waals surface area contributed by atoms with Gasteiger partial charge in [0, 0.05) is 26.2 Å². The Kier molecular flexibility index (Phi) is 6.46. The van der Waals surface area contributed by atoms with Gasteiger partial charge in [-0.3, -0.25) is 4.79 Å². The number of piperazine rings is 1. The van der Waals surface area contributed by atoms with Crippen molar-refractivity contribution in [1.29, 1.82) is 0 Å². The van der Waals surface area contributed by atoms with E-state index in [1.54, 1.807) is 12.1 Å². The summed E-state index contributed by atoms with van der Waals surface area (Å²) in [6.45, 7) is 10.8. The molecule has 0 radical (unpaired) electrons. The monoisotopic (exact) mass is 398 g/mol. The largest absolute Gasteiger partial charge is 0.481 e. The van der Waals surface area contributed by atoms with Crippen LogP contribution in [0.3, 0.4) is 0 Å². The van der Waals surface area contributed by atoms with Gasteiger partial charge in [0.2, 0.25) is 0 Å². The van der Waals surface area contributed by atoms with E-state index in [0.717, 1.165) is 0 Å². The van der Waals surface area contributed by atoms with Crippen LogP contribution >= 0.6 is 0 Å². The number of anilines is 1. The van der Waals surface area contributed by atoms with Crippen LogP contribution in [0.2, 0.25) is 0 Å². The molecule has 0 unspecified atom stereocenters. The summed E-state index contributed by atoms with van der Waals surface area (Å²) in [4.78, 5) is 16.8. The lowest BCUT2D eigenvalue weighted by molar-refractivity contribution is -0.139. The quantitative estimate of drug-likeness (QED) is 0.736. The zero-order valence-electron chi connectivity index (χ0n) is 17.8. The third-order valence-electron chi connectivity index (χ3n) is 5.43. The van der Waals surface area contributed by atoms with E-state index in [1.807, 2.05) is 34.9 Å². The molecular weight excluding hydrogens is 367 g/mol. The summed E-state index contributed by atoms with van der Waals surface area (Å²) in [5.74, 6) is 0.490. The Balaban J connectivity index is 1.59. The predicted octanol–water partition coefficient (Wildman–Crippen LogP) is 4.63. The molecule has 0 saturated carbocycles. The van der Waals surface area contributed by atoms with Gasteiger partial charge in [-0.2, -0.15) is 0 Å². The molecule has 5 heteroatoms. The van der Waals surface area contributed by atoms with Gasteiger partial charge in [0.25, 0.3) is 5.91 Å². The van der Waals surface area contributed by atoms with Crippen LogP contribution in [0.15, 0.2) is 48.5 Å². The maximum atomic E-state index is 14.0. The van der Waals surface area contributed by atoms with E-state index in [9.17, 15) is 9.18 Å². The molecule has 0 bridgehead atoms. The summed E-state index contributed by atoms with van der Waals surface area (Å²) < 4.78 is 20.0. The molecule has 2 aromatic carbocycles. The van der Waals surface area contributed by atoms with Crippen molar-refractivity contribution in [3.8, 4) is 5.75 Å². The molecule has 0 spiro atoms. The fourth-order valence-corrected chi connectivity index (χ4v) is 3.59. The van der Waals surface area contributed by atoms with E-state index in [1.165, 1.54) is 11.6 Å². The SMILES string of the molecule is CC[C@@H](Oc1ccc(C(C)(C)C)cc1)C(=O)N1CCN(c2ccccc2F)CC1. The summed E-state index contributed by atoms with van der Waals surface area (Å²) >= 11 is 0. The van der Waals surface area contributed by atoms with Crippen molar-refractivity contribution in [2.24, 2.45) is 0 Å². The first kappa shape index (κ1) is 21.2. The van der Waals surface area contributed by atoms with Crippen LogP contribution in [0, 0.1) is 5.82 Å². The molecule has 1 atom stereocenters. The number of ether oxygens (including phenoxy) is 1. The molecule has 1 aliphatic rings. The Morgan fingerprint density at radius 2 is 1.66 bits per heavy atom. The van der Waals surface area contributed by atoms with Crippen molar-refractivity contribution >= 4 is 11.6 Å². The highest BCUT2D eigenvalue weighted by Gasteiger charge is 2.28. The highest BCUT2D eigenvalue weighted by atomic mass is 19.1. The van der Waals surface area contributed by atoms with Gasteiger partial charge in [0.15, 0.2) is 6.10 Å². The Hall–Kier alpha value is -2.56. The molecule has 0 N–H and O–H groups in total. The lowest BCUT2D eigenvalue weighted by Gasteiger charge is -2.37. The number of rotatable bonds is 5. The molecule has 4 nitrogen and oxygen atoms in total. The van der Waals surface area contributed by atoms with Crippen LogP contribution in [0.5, 0.6) is 5.75 Å². The first-order chi connectivity index (χ1) is 13.8. The number of nitrogens with zero attached hydrogens (tertiary/aromatic N) is 2. The van der Waals surface area contributed by atoms with Crippen molar-refractivity contribution in [2.45, 2.75) is 45.6 Å². The molecule has 3 rings (SSSR count). The second-order valence-electron chi connectivity index (χ2n) is 8.55. The minimum Gasteiger partial charge on any atom is -0.481 e. The molecule has 29 heavy (non-hydrogen) atoms. The summed E-state index contributed by atoms with van der Waals surface area (Å²) in [6.07, 6.45) is 0.100. The Morgan fingerprint density at radius 3 is 2.21 bits per heavy atom. The number of benzene rings is 2. The second-order valence-corrected chi connectivity index (χ2v) is 8.55. The van der Waals surface area contributed by atoms with Crippen molar-refractivity contribution in [3.05, 3.63) is 59.9 Å². The second kappa shape index (κ2) is 8.85. The van der Waals surface area contributed by atoms with E-state index in [4.69, 9.17) is 4.74 Å². The van der Waals surface area contributed by atoms with Crippen LogP contribution in [0.25, 0.3) is 0 Å². The topological polar surface area (TPSA) is 32.8 Å². The van der Waals surface area contributed by atoms with Crippen molar-refractivity contribution in [1.82, 2.24) is 4.90 Å². The first-order valence-electron chi connectivity index (χ1n) is 10.3. The van der Waals surface area contributed by atoms with Crippen LogP contribution < -0.4 is 9.64 Å². The lowest BCUT2D eigenvalue weighted by atomic mass is 9.87. The fraction of sp³-hybridized carbons (Fsp3) is 0.458. The van der Waals surface area contributed by atoms with E-state index < -0.39 is 6.10 Å². The van der Waals surface area contributed by atoms with Gasteiger partial charge in [0.05, 0.1) is 5.69 Å². The normalized spacial score (nSPS) is 15.9. The Labute approximate surface area is 173 Å². The van der Waals surface area contributed by atoms with Crippen LogP contribution in [0.1, 0.15) is 39.7 Å². The molecule has 1 fully saturated rings. The minimum atomic E-state index is -0.504. The molecule has 156 valence electrons. The molecule has 2 aromatic rings. The van der Waals surface area contributed by atoms with Gasteiger partial charge in [-0.1, -0.05) is 52.0 Å². The lowest BCUT2D eigenvalue weighted by Crippen LogP contribution is -2.52. The molecule has 1 saturated heterocycles. The number of hydrogen-bond acceptors (Lipinski definition) is 3. The number of amides is 1. The van der Waals surface area contributed by atoms with Crippen molar-refractivity contribution in [3.63, 3.8) is 0 Å². The molecule has 1 heterocycles. The van der Waals surface area contributed by atoms with Crippen LogP contribution in [0.4, 0.5) is 10.1 Å². The minimum absolute atomic E-state index is 0.000538. The van der Waals surface area contributed by atoms with Crippen LogP contribution in [-0.2, 0) is 10.2 Å². The van der Waals surface area contributed by atoms with Crippen LogP contribution in [-0.4, -0.2) is 43.1 Å². The zero-order chi connectivity index (χ0) is 21.0. The molecular formula is C24H31FN2O2. The fourth-order valence-electron chi connectivity index (χ4n) is 3.59. The number of hydrogen-bond donors (Lipinski definition) is 0. The molecule has 1 amide bonds. The summed E-state index contributed by atoms with van der Waals surface area (Å²) in [5.41, 5.74) is 1.91. The van der Waals surface area contributed by atoms with Gasteiger partial charge in [-0.05, 0) is 41.7 Å². The van der Waals surface area contributed by atoms with Gasteiger partial charge in [-0.15, -0.1) is 0 Å². The maximum Gasteiger partial charge on any atom is 0.263 e. The molecule has 1 aliphatic heterocycles. The predicted molar refractivity (Wildman–Crippen MR) is 115 cm³/mol. The average Bonchev–Trinajstić information content (AvgIpc) is 2.72. The smallest absolute Gasteiger partial charge is 0.263 e. The Bertz CT molecular complexity index is 822. The van der Waals surface area contributed by atoms with E-state index >= 15 is 0 Å². The molecule has 0 aliphatic carbocycles. The van der Waals surface area contributed by atoms with E-state index in [0.29, 0.717) is 44.0 Å². The zero-order valence-corrected chi connectivity index (χ0v) is 17.8. The standard InChI is InChI=1S/C24H31FN2O2/c1-5-22(29-19-12-10-18(11-13-19)24(2,3)4)23(28)27-16-14-26(15-17-27)21-9-7-6-8-20(21)25/h6-13,22H,5,14-17H2,1-4H3/t22-/m1/s1. The van der Waals surface area contributed by atoms with E-state index in [-0.39, 0.29) is 17.1 Å². The first-order valence-corrected chi connectivity index (χ1v) is 10.3. The number of carbonyl (C=O) groups is 1. The molecule has 0 aromatic heterocycles. The maximum absolute atomic E-state index is 14.0. The van der Waals surface area contributed by atoms with Crippen molar-refractivity contribution < 1.29 is 13.9 Å². The van der Waals surface area contributed by atoms with Gasteiger partial charge in [0.1, 0.15) is 11.6 Å². The van der Waals surface area contributed by atoms with E-state index in [2.05, 4.69) is 32.9 Å². The third kappa shape index (κ3) is 5.08. The van der Waals surface area contributed by atoms with Gasteiger partial charge in [-0.25, -0.2) is 4.39 Å².